The zero-order chi connectivity index (χ0) is 18.3. The highest BCUT2D eigenvalue weighted by atomic mass is 32.1. The monoisotopic (exact) mass is 365 g/mol. The van der Waals surface area contributed by atoms with Crippen LogP contribution in [0.15, 0.2) is 60.8 Å². The quantitative estimate of drug-likeness (QED) is 0.429. The van der Waals surface area contributed by atoms with E-state index in [4.69, 9.17) is 0 Å². The van der Waals surface area contributed by atoms with Crippen molar-refractivity contribution in [3.63, 3.8) is 0 Å². The Labute approximate surface area is 150 Å². The minimum Gasteiger partial charge on any atom is -0.477 e. The van der Waals surface area contributed by atoms with Crippen LogP contribution in [0.5, 0.6) is 0 Å². The van der Waals surface area contributed by atoms with E-state index in [0.717, 1.165) is 22.5 Å². The molecule has 1 N–H and O–H groups in total. The van der Waals surface area contributed by atoms with E-state index in [2.05, 4.69) is 4.98 Å². The average molecular weight is 365 g/mol. The van der Waals surface area contributed by atoms with E-state index in [1.165, 1.54) is 12.1 Å². The number of carboxylic acids is 1. The highest BCUT2D eigenvalue weighted by Gasteiger charge is 2.21. The lowest BCUT2D eigenvalue weighted by Gasteiger charge is -2.02. The van der Waals surface area contributed by atoms with Gasteiger partial charge in [-0.15, -0.1) is 0 Å². The van der Waals surface area contributed by atoms with E-state index >= 15 is 0 Å². The number of imidazole rings is 1. The molecule has 4 aromatic rings. The summed E-state index contributed by atoms with van der Waals surface area (Å²) in [7, 11) is 0. The minimum absolute atomic E-state index is 0.00732. The van der Waals surface area contributed by atoms with E-state index in [-0.39, 0.29) is 10.6 Å². The summed E-state index contributed by atoms with van der Waals surface area (Å²) < 4.78 is 1.75. The molecule has 7 nitrogen and oxygen atoms in total. The summed E-state index contributed by atoms with van der Waals surface area (Å²) in [5.74, 6) is -1.00. The Hall–Kier alpha value is -3.52. The zero-order valence-corrected chi connectivity index (χ0v) is 14.0. The summed E-state index contributed by atoms with van der Waals surface area (Å²) >= 11 is 1.09. The third kappa shape index (κ3) is 2.62. The van der Waals surface area contributed by atoms with Gasteiger partial charge in [-0.2, -0.15) is 0 Å². The standard InChI is InChI=1S/C18H11N3O4S/c22-17(23)16-15(12-4-2-1-3-5-12)20-10-14(19-18(20)26-16)11-6-8-13(9-7-11)21(24)25/h1-10H,(H,22,23). The fraction of sp³-hybridized carbons (Fsp3) is 0. The summed E-state index contributed by atoms with van der Waals surface area (Å²) in [6.45, 7) is 0. The number of hydrogen-bond acceptors (Lipinski definition) is 5. The molecule has 0 aliphatic rings. The molecule has 26 heavy (non-hydrogen) atoms. The molecule has 4 rings (SSSR count). The molecule has 128 valence electrons. The van der Waals surface area contributed by atoms with Crippen LogP contribution < -0.4 is 0 Å². The highest BCUT2D eigenvalue weighted by molar-refractivity contribution is 7.19. The van der Waals surface area contributed by atoms with Crippen molar-refractivity contribution in [3.05, 3.63) is 75.8 Å². The average Bonchev–Trinajstić information content (AvgIpc) is 3.20. The number of rotatable bonds is 4. The van der Waals surface area contributed by atoms with Gasteiger partial charge in [-0.3, -0.25) is 14.5 Å². The third-order valence-electron chi connectivity index (χ3n) is 3.94. The number of aromatic nitrogens is 2. The second kappa shape index (κ2) is 6.08. The molecular weight excluding hydrogens is 354 g/mol. The largest absolute Gasteiger partial charge is 0.477 e. The van der Waals surface area contributed by atoms with Gasteiger partial charge in [0.1, 0.15) is 4.88 Å². The van der Waals surface area contributed by atoms with Crippen LogP contribution in [-0.4, -0.2) is 25.4 Å². The van der Waals surface area contributed by atoms with Gasteiger partial charge in [-0.25, -0.2) is 9.78 Å². The van der Waals surface area contributed by atoms with Crippen LogP contribution in [0.1, 0.15) is 9.67 Å². The first kappa shape index (κ1) is 16.0. The van der Waals surface area contributed by atoms with Crippen LogP contribution in [0.25, 0.3) is 27.5 Å². The summed E-state index contributed by atoms with van der Waals surface area (Å²) in [6.07, 6.45) is 1.75. The van der Waals surface area contributed by atoms with Crippen molar-refractivity contribution in [3.8, 4) is 22.5 Å². The molecule has 0 fully saturated rings. The van der Waals surface area contributed by atoms with Gasteiger partial charge in [0.2, 0.25) is 0 Å². The molecule has 0 aliphatic carbocycles. The van der Waals surface area contributed by atoms with Gasteiger partial charge < -0.3 is 5.11 Å². The lowest BCUT2D eigenvalue weighted by Crippen LogP contribution is -1.97. The fourth-order valence-corrected chi connectivity index (χ4v) is 3.72. The van der Waals surface area contributed by atoms with Crippen LogP contribution in [0.2, 0.25) is 0 Å². The van der Waals surface area contributed by atoms with E-state index in [0.29, 0.717) is 16.3 Å². The first-order chi connectivity index (χ1) is 12.5. The Kier molecular flexibility index (Phi) is 3.74. The third-order valence-corrected chi connectivity index (χ3v) is 4.98. The topological polar surface area (TPSA) is 97.7 Å². The van der Waals surface area contributed by atoms with Crippen LogP contribution in [0, 0.1) is 10.1 Å². The SMILES string of the molecule is O=C(O)c1sc2nc(-c3ccc([N+](=O)[O-])cc3)cn2c1-c1ccccc1. The molecule has 2 aromatic heterocycles. The molecule has 0 unspecified atom stereocenters. The number of nitro benzene ring substituents is 1. The van der Waals surface area contributed by atoms with Gasteiger partial charge >= 0.3 is 5.97 Å². The fourth-order valence-electron chi connectivity index (χ4n) is 2.75. The van der Waals surface area contributed by atoms with Crippen molar-refractivity contribution in [2.45, 2.75) is 0 Å². The van der Waals surface area contributed by atoms with Crippen molar-refractivity contribution < 1.29 is 14.8 Å². The number of fused-ring (bicyclic) bond motifs is 1. The number of carbonyl (C=O) groups is 1. The molecule has 0 saturated heterocycles. The first-order valence-corrected chi connectivity index (χ1v) is 8.41. The Morgan fingerprint density at radius 2 is 1.77 bits per heavy atom. The maximum Gasteiger partial charge on any atom is 0.348 e. The van der Waals surface area contributed by atoms with Crippen molar-refractivity contribution in [2.75, 3.05) is 0 Å². The molecule has 0 radical (unpaired) electrons. The number of aromatic carboxylic acids is 1. The predicted molar refractivity (Wildman–Crippen MR) is 97.6 cm³/mol. The molecule has 2 heterocycles. The van der Waals surface area contributed by atoms with Gasteiger partial charge in [-0.1, -0.05) is 41.7 Å². The van der Waals surface area contributed by atoms with Crippen molar-refractivity contribution in [2.24, 2.45) is 0 Å². The first-order valence-electron chi connectivity index (χ1n) is 7.60. The number of hydrogen-bond donors (Lipinski definition) is 1. The Morgan fingerprint density at radius 1 is 1.08 bits per heavy atom. The van der Waals surface area contributed by atoms with E-state index in [1.54, 1.807) is 22.7 Å². The lowest BCUT2D eigenvalue weighted by molar-refractivity contribution is -0.384. The lowest BCUT2D eigenvalue weighted by atomic mass is 10.1. The molecule has 0 saturated carbocycles. The number of benzene rings is 2. The highest BCUT2D eigenvalue weighted by Crippen LogP contribution is 2.34. The van der Waals surface area contributed by atoms with Crippen LogP contribution in [-0.2, 0) is 0 Å². The molecule has 0 spiro atoms. The van der Waals surface area contributed by atoms with E-state index in [1.807, 2.05) is 30.3 Å². The smallest absolute Gasteiger partial charge is 0.348 e. The normalized spacial score (nSPS) is 10.9. The van der Waals surface area contributed by atoms with Crippen LogP contribution in [0.3, 0.4) is 0 Å². The second-order valence-corrected chi connectivity index (χ2v) is 6.51. The second-order valence-electron chi connectivity index (χ2n) is 5.53. The number of carboxylic acid groups (broad SMARTS) is 1. The molecule has 0 aliphatic heterocycles. The van der Waals surface area contributed by atoms with Gasteiger partial charge in [-0.05, 0) is 12.1 Å². The van der Waals surface area contributed by atoms with Crippen molar-refractivity contribution >= 4 is 28.0 Å². The van der Waals surface area contributed by atoms with E-state index < -0.39 is 10.9 Å². The van der Waals surface area contributed by atoms with E-state index in [9.17, 15) is 20.0 Å². The molecule has 8 heteroatoms. The van der Waals surface area contributed by atoms with Crippen LogP contribution >= 0.6 is 11.3 Å². The predicted octanol–water partition coefficient (Wildman–Crippen LogP) is 4.34. The zero-order valence-electron chi connectivity index (χ0n) is 13.2. The number of nitrogens with zero attached hydrogens (tertiary/aromatic N) is 3. The van der Waals surface area contributed by atoms with Gasteiger partial charge in [0.15, 0.2) is 4.96 Å². The molecule has 2 aromatic carbocycles. The van der Waals surface area contributed by atoms with Gasteiger partial charge in [0.25, 0.3) is 5.69 Å². The van der Waals surface area contributed by atoms with Crippen LogP contribution in [0.4, 0.5) is 5.69 Å². The minimum atomic E-state index is -1.00. The number of thiazole rings is 1. The Balaban J connectivity index is 1.87. The number of nitro groups is 1. The molecule has 0 amide bonds. The molecule has 0 bridgehead atoms. The maximum atomic E-state index is 11.6. The Bertz CT molecular complexity index is 1130. The summed E-state index contributed by atoms with van der Waals surface area (Å²) in [4.78, 5) is 27.2. The summed E-state index contributed by atoms with van der Waals surface area (Å²) in [6, 6.07) is 15.4. The molecular formula is C18H11N3O4S. The maximum absolute atomic E-state index is 11.6. The van der Waals surface area contributed by atoms with Crippen molar-refractivity contribution in [1.29, 1.82) is 0 Å². The van der Waals surface area contributed by atoms with Crippen molar-refractivity contribution in [1.82, 2.24) is 9.38 Å². The van der Waals surface area contributed by atoms with Gasteiger partial charge in [0.05, 0.1) is 16.3 Å². The van der Waals surface area contributed by atoms with Gasteiger partial charge in [0, 0.05) is 29.5 Å². The summed E-state index contributed by atoms with van der Waals surface area (Å²) in [5, 5.41) is 20.3. The molecule has 0 atom stereocenters. The number of non-ortho nitro benzene ring substituents is 1. The Morgan fingerprint density at radius 3 is 2.38 bits per heavy atom. The summed E-state index contributed by atoms with van der Waals surface area (Å²) in [5.41, 5.74) is 2.71.